The predicted molar refractivity (Wildman–Crippen MR) is 398 cm³/mol. The minimum Gasteiger partial charge on any atom is -0.497 e. The quantitative estimate of drug-likeness (QED) is 0.00567. The number of anilines is 1. The maximum absolute atomic E-state index is 14.6. The molecule has 6 aromatic rings. The van der Waals surface area contributed by atoms with Gasteiger partial charge in [0.1, 0.15) is 41.2 Å². The largest absolute Gasteiger partial charge is 0.514 e. The number of hydrogen-bond acceptors (Lipinski definition) is 11. The molecule has 4 N–H and O–H groups in total. The normalized spacial score (nSPS) is 21.6. The Morgan fingerprint density at radius 3 is 2.01 bits per heavy atom. The highest BCUT2D eigenvalue weighted by Crippen LogP contribution is 2.67. The van der Waals surface area contributed by atoms with Crippen LogP contribution in [0.25, 0.3) is 0 Å². The maximum Gasteiger partial charge on any atom is 0.514 e. The molecule has 3 fully saturated rings. The molecule has 0 radical (unpaired) electrons. The van der Waals surface area contributed by atoms with Crippen molar-refractivity contribution < 1.29 is 47.8 Å². The molecular weight excluding hydrogens is 1290 g/mol. The lowest BCUT2D eigenvalue weighted by Gasteiger charge is -2.58. The third-order valence-electron chi connectivity index (χ3n) is 22.7. The second kappa shape index (κ2) is 35.5. The number of nitrogens with zero attached hydrogens (tertiary/aromatic N) is 2. The van der Waals surface area contributed by atoms with E-state index in [-0.39, 0.29) is 73.5 Å². The van der Waals surface area contributed by atoms with E-state index >= 15 is 0 Å². The Morgan fingerprint density at radius 1 is 0.673 bits per heavy atom. The van der Waals surface area contributed by atoms with Crippen LogP contribution in [0.3, 0.4) is 0 Å². The van der Waals surface area contributed by atoms with Crippen molar-refractivity contribution in [1.82, 2.24) is 20.4 Å². The summed E-state index contributed by atoms with van der Waals surface area (Å²) in [7, 11) is 1.64. The number of carbonyl (C=O) groups is 5. The van der Waals surface area contributed by atoms with Gasteiger partial charge in [-0.05, 0) is 214 Å². The number of rotatable bonds is 34. The van der Waals surface area contributed by atoms with Crippen molar-refractivity contribution in [3.8, 4) is 11.5 Å². The van der Waals surface area contributed by atoms with Crippen LogP contribution in [0, 0.1) is 56.5 Å². The zero-order chi connectivity index (χ0) is 71.5. The average molecular weight is 1400 g/mol. The van der Waals surface area contributed by atoms with Gasteiger partial charge in [-0.2, -0.15) is 0 Å². The summed E-state index contributed by atoms with van der Waals surface area (Å²) in [6.45, 7) is 13.9. The van der Waals surface area contributed by atoms with Crippen molar-refractivity contribution in [2.45, 2.75) is 181 Å². The molecule has 10 rings (SSSR count). The molecule has 0 saturated heterocycles. The Bertz CT molecular complexity index is 3710. The minimum absolute atomic E-state index is 0.0395. The second-order valence-electron chi connectivity index (χ2n) is 29.6. The van der Waals surface area contributed by atoms with Crippen molar-refractivity contribution in [2.75, 3.05) is 32.1 Å². The highest BCUT2D eigenvalue weighted by Gasteiger charge is 2.59. The fourth-order valence-electron chi connectivity index (χ4n) is 17.3. The number of halogens is 1. The van der Waals surface area contributed by atoms with Gasteiger partial charge in [0.15, 0.2) is 0 Å². The zero-order valence-corrected chi connectivity index (χ0v) is 60.6. The van der Waals surface area contributed by atoms with Crippen molar-refractivity contribution in [3.05, 3.63) is 196 Å². The molecule has 0 aliphatic heterocycles. The standard InChI is InChI=1S/C83H103ClN6O11/c1-57(2)17-15-18-58(3)73-42-43-74-72-41-28-61-54-71(46-48-82(61,4)75(72)47-49-83(73,74)5)99-52-16-50-85-77(91)44-45-78(92)86-64(53-59-24-29-62(84)30-25-59)55-79(93)88-76(80(94)87-63-31-26-60(27-32-63)56-100-81(95)101-70-37-33-65(34-38-70)89(96)97)23-13-14-51-90(66-19-9-7-10-20-66,67-21-11-8-12-22-67)68-35-39-69(98-6)40-36-68/h7-12,19-22,24-40,57-58,64,71-76H,13-18,23,41-56H2,1-6H3,(H3-,85,86,87,88,91,92,93,94)/p+1/t58-,64+,71+,72+,73-,74+,75+,76+,82+,83-/m1/s1. The van der Waals surface area contributed by atoms with E-state index in [1.54, 1.807) is 49.1 Å². The lowest BCUT2D eigenvalue weighted by molar-refractivity contribution is -0.384. The molecule has 0 unspecified atom stereocenters. The summed E-state index contributed by atoms with van der Waals surface area (Å²) in [5, 5.41) is 23.6. The third kappa shape index (κ3) is 19.6. The van der Waals surface area contributed by atoms with Gasteiger partial charge >= 0.3 is 6.16 Å². The lowest BCUT2D eigenvalue weighted by Crippen LogP contribution is -2.51. The van der Waals surface area contributed by atoms with E-state index < -0.39 is 35.0 Å². The van der Waals surface area contributed by atoms with Crippen LogP contribution in [0.15, 0.2) is 169 Å². The molecule has 0 heterocycles. The topological polar surface area (TPSA) is 214 Å². The third-order valence-corrected chi connectivity index (χ3v) is 22.9. The molecule has 17 nitrogen and oxygen atoms in total. The van der Waals surface area contributed by atoms with Crippen LogP contribution in [0.2, 0.25) is 5.02 Å². The zero-order valence-electron chi connectivity index (χ0n) is 59.8. The summed E-state index contributed by atoms with van der Waals surface area (Å²) in [5.41, 5.74) is 7.08. The molecule has 10 atom stereocenters. The Labute approximate surface area is 602 Å². The first-order chi connectivity index (χ1) is 48.7. The van der Waals surface area contributed by atoms with Crippen LogP contribution in [-0.4, -0.2) is 79.7 Å². The Morgan fingerprint density at radius 2 is 1.34 bits per heavy atom. The van der Waals surface area contributed by atoms with Gasteiger partial charge in [0.2, 0.25) is 23.6 Å². The van der Waals surface area contributed by atoms with Crippen LogP contribution >= 0.6 is 11.6 Å². The van der Waals surface area contributed by atoms with Crippen molar-refractivity contribution in [3.63, 3.8) is 0 Å². The summed E-state index contributed by atoms with van der Waals surface area (Å²) in [6, 6.07) is 45.7. The molecule has 6 aromatic carbocycles. The second-order valence-corrected chi connectivity index (χ2v) is 30.1. The molecule has 0 spiro atoms. The predicted octanol–water partition coefficient (Wildman–Crippen LogP) is 18.1. The number of ether oxygens (including phenoxy) is 4. The number of nitro benzene ring substituents is 1. The fraction of sp³-hybridized carbons (Fsp3) is 0.482. The Balaban J connectivity index is 0.736. The van der Waals surface area contributed by atoms with Gasteiger partial charge in [-0.3, -0.25) is 29.3 Å². The van der Waals surface area contributed by atoms with Crippen molar-refractivity contribution >= 4 is 69.8 Å². The monoisotopic (exact) mass is 1400 g/mol. The van der Waals surface area contributed by atoms with E-state index in [0.29, 0.717) is 65.1 Å². The number of hydrogen-bond donors (Lipinski definition) is 4. The minimum atomic E-state index is -1.02. The van der Waals surface area contributed by atoms with Crippen LogP contribution in [0.4, 0.5) is 33.2 Å². The summed E-state index contributed by atoms with van der Waals surface area (Å²) >= 11 is 6.30. The van der Waals surface area contributed by atoms with Gasteiger partial charge in [-0.15, -0.1) is 0 Å². The van der Waals surface area contributed by atoms with Crippen LogP contribution in [0.1, 0.15) is 161 Å². The molecule has 3 saturated carbocycles. The van der Waals surface area contributed by atoms with E-state index in [1.165, 1.54) is 82.1 Å². The average Bonchev–Trinajstić information content (AvgIpc) is 1.66. The number of methoxy groups -OCH3 is 1. The molecule has 0 aromatic heterocycles. The summed E-state index contributed by atoms with van der Waals surface area (Å²) < 4.78 is 22.9. The fourth-order valence-corrected chi connectivity index (χ4v) is 17.5. The smallest absolute Gasteiger partial charge is 0.497 e. The van der Waals surface area contributed by atoms with Crippen molar-refractivity contribution in [1.29, 1.82) is 0 Å². The number of para-hydroxylation sites is 2. The number of nitro groups is 1. The molecule has 0 bridgehead atoms. The molecule has 101 heavy (non-hydrogen) atoms. The molecular formula is C83H104ClN6O11+. The highest BCUT2D eigenvalue weighted by atomic mass is 35.5. The first kappa shape index (κ1) is 75.3. The van der Waals surface area contributed by atoms with Gasteiger partial charge in [0, 0.05) is 73.4 Å². The first-order valence-electron chi connectivity index (χ1n) is 36.8. The Hall–Kier alpha value is -8.38. The number of benzene rings is 6. The van der Waals surface area contributed by atoms with Gasteiger partial charge in [0.25, 0.3) is 5.69 Å². The first-order valence-corrected chi connectivity index (χ1v) is 37.1. The maximum atomic E-state index is 14.6. The van der Waals surface area contributed by atoms with Gasteiger partial charge < -0.3 is 40.2 Å². The van der Waals surface area contributed by atoms with E-state index in [2.05, 4.69) is 98.4 Å². The summed E-state index contributed by atoms with van der Waals surface area (Å²) in [4.78, 5) is 79.3. The molecule has 18 heteroatoms. The Kier molecular flexibility index (Phi) is 26.4. The number of non-ortho nitro benzene ring substituents is 1. The van der Waals surface area contributed by atoms with Crippen LogP contribution in [-0.2, 0) is 41.7 Å². The number of unbranched alkanes of at least 4 members (excludes halogenated alkanes) is 1. The summed E-state index contributed by atoms with van der Waals surface area (Å²) in [5.74, 6) is 4.05. The number of carbonyl (C=O) groups excluding carboxylic acids is 5. The van der Waals surface area contributed by atoms with Crippen LogP contribution < -0.4 is 35.2 Å². The number of nitrogens with one attached hydrogen (secondary N) is 4. The van der Waals surface area contributed by atoms with Gasteiger partial charge in [0.05, 0.1) is 24.7 Å². The molecule has 4 amide bonds. The lowest BCUT2D eigenvalue weighted by atomic mass is 9.47. The molecule has 538 valence electrons. The van der Waals surface area contributed by atoms with E-state index in [4.69, 9.17) is 30.5 Å². The number of fused-ring (bicyclic) bond motifs is 5. The van der Waals surface area contributed by atoms with Gasteiger partial charge in [-0.25, -0.2) is 9.28 Å². The number of quaternary nitrogens is 1. The summed E-state index contributed by atoms with van der Waals surface area (Å²) in [6.07, 6.45) is 17.8. The van der Waals surface area contributed by atoms with Crippen molar-refractivity contribution in [2.24, 2.45) is 46.3 Å². The molecule has 4 aliphatic carbocycles. The number of amides is 4. The molecule has 4 aliphatic rings. The van der Waals surface area contributed by atoms with Gasteiger partial charge in [-0.1, -0.05) is 138 Å². The van der Waals surface area contributed by atoms with E-state index in [1.807, 2.05) is 60.7 Å². The highest BCUT2D eigenvalue weighted by molar-refractivity contribution is 6.30. The van der Waals surface area contributed by atoms with E-state index in [9.17, 15) is 34.1 Å². The SMILES string of the molecule is COc1ccc([N+](CCCC[C@H](NC(=O)C[C@H](Cc2ccc(Cl)cc2)NC(=O)CCC(=O)NCCCO[C@H]2CC[C@@]3(C)C(=CC[C@H]4[C@@H]5CC[C@H]([C@H](C)CCCC(C)C)[C@@]5(C)CC[C@@H]43)C2)C(=O)Nc2ccc(COC(=O)Oc3ccc([N+](=O)[O-])cc3)cc2)(c2ccccc2)c2ccccc2)cc1. The van der Waals surface area contributed by atoms with E-state index in [0.717, 1.165) is 76.7 Å². The van der Waals surface area contributed by atoms with Crippen LogP contribution in [0.5, 0.6) is 11.5 Å². The number of allylic oxidation sites excluding steroid dienone is 1.